The number of carbonyl (C=O) groups excluding carboxylic acids is 1. The summed E-state index contributed by atoms with van der Waals surface area (Å²) in [5.41, 5.74) is 0.601. The lowest BCUT2D eigenvalue weighted by Crippen LogP contribution is -2.39. The highest BCUT2D eigenvalue weighted by atomic mass is 16.6. The molecule has 0 saturated carbocycles. The Labute approximate surface area is 114 Å². The summed E-state index contributed by atoms with van der Waals surface area (Å²) in [4.78, 5) is 13.5. The number of amides is 1. The number of hydrogen-bond acceptors (Lipinski definition) is 2. The van der Waals surface area contributed by atoms with Gasteiger partial charge in [0.25, 0.3) is 0 Å². The second-order valence-electron chi connectivity index (χ2n) is 5.12. The number of benzene rings is 1. The summed E-state index contributed by atoms with van der Waals surface area (Å²) in [6.45, 7) is 8.11. The molecular weight excluding hydrogens is 238 g/mol. The largest absolute Gasteiger partial charge is 0.441 e. The molecular formula is C16H19NO2. The van der Waals surface area contributed by atoms with Crippen LogP contribution >= 0.6 is 0 Å². The molecule has 0 aliphatic carbocycles. The van der Waals surface area contributed by atoms with Crippen molar-refractivity contribution in [1.29, 1.82) is 0 Å². The second-order valence-corrected chi connectivity index (χ2v) is 5.12. The van der Waals surface area contributed by atoms with E-state index in [-0.39, 0.29) is 12.1 Å². The van der Waals surface area contributed by atoms with E-state index < -0.39 is 5.60 Å². The van der Waals surface area contributed by atoms with Crippen LogP contribution < -0.4 is 0 Å². The van der Waals surface area contributed by atoms with Crippen LogP contribution in [0.25, 0.3) is 6.08 Å². The van der Waals surface area contributed by atoms with Crippen molar-refractivity contribution in [1.82, 2.24) is 4.90 Å². The Hall–Kier alpha value is -2.03. The molecule has 1 aliphatic rings. The van der Waals surface area contributed by atoms with Gasteiger partial charge in [0.05, 0.1) is 6.04 Å². The quantitative estimate of drug-likeness (QED) is 0.773. The zero-order valence-corrected chi connectivity index (χ0v) is 11.4. The number of rotatable bonds is 4. The van der Waals surface area contributed by atoms with Gasteiger partial charge in [-0.25, -0.2) is 4.79 Å². The molecule has 3 heteroatoms. The average Bonchev–Trinajstić information content (AvgIpc) is 2.59. The summed E-state index contributed by atoms with van der Waals surface area (Å²) in [5, 5.41) is 0. The van der Waals surface area contributed by atoms with Crippen LogP contribution in [0.5, 0.6) is 0 Å². The molecule has 0 N–H and O–H groups in total. The Bertz CT molecular complexity index is 491. The molecule has 1 saturated heterocycles. The number of nitrogens with zero attached hydrogens (tertiary/aromatic N) is 1. The first-order chi connectivity index (χ1) is 9.04. The molecule has 100 valence electrons. The molecule has 0 radical (unpaired) electrons. The molecule has 2 rings (SSSR count). The third-order valence-corrected chi connectivity index (χ3v) is 3.27. The highest BCUT2D eigenvalue weighted by Gasteiger charge is 2.45. The Morgan fingerprint density at radius 3 is 2.68 bits per heavy atom. The summed E-state index contributed by atoms with van der Waals surface area (Å²) < 4.78 is 5.35. The van der Waals surface area contributed by atoms with Gasteiger partial charge in [-0.3, -0.25) is 4.90 Å². The van der Waals surface area contributed by atoms with E-state index in [9.17, 15) is 4.79 Å². The van der Waals surface area contributed by atoms with Gasteiger partial charge in [0, 0.05) is 6.54 Å². The third kappa shape index (κ3) is 2.87. The lowest BCUT2D eigenvalue weighted by molar-refractivity contribution is 0.0765. The molecule has 3 nitrogen and oxygen atoms in total. The first-order valence-electron chi connectivity index (χ1n) is 6.38. The van der Waals surface area contributed by atoms with Gasteiger partial charge in [0.2, 0.25) is 0 Å². The van der Waals surface area contributed by atoms with E-state index in [1.54, 1.807) is 11.0 Å². The van der Waals surface area contributed by atoms with E-state index in [0.717, 1.165) is 5.56 Å². The molecule has 0 aromatic heterocycles. The molecule has 1 fully saturated rings. The van der Waals surface area contributed by atoms with Crippen molar-refractivity contribution in [2.45, 2.75) is 25.5 Å². The number of ether oxygens (including phenoxy) is 1. The molecule has 0 bridgehead atoms. The average molecular weight is 257 g/mol. The van der Waals surface area contributed by atoms with Crippen molar-refractivity contribution in [2.75, 3.05) is 6.54 Å². The van der Waals surface area contributed by atoms with E-state index in [2.05, 4.69) is 6.58 Å². The Balaban J connectivity index is 2.05. The minimum atomic E-state index is -0.514. The monoisotopic (exact) mass is 257 g/mol. The van der Waals surface area contributed by atoms with Gasteiger partial charge >= 0.3 is 6.09 Å². The SMILES string of the molecule is C=C[C@H]1N(C/C=C/c2ccccc2)C(=O)OC1(C)C. The summed E-state index contributed by atoms with van der Waals surface area (Å²) in [5.74, 6) is 0. The fraction of sp³-hybridized carbons (Fsp3) is 0.312. The standard InChI is InChI=1S/C16H19NO2/c1-4-14-16(2,3)19-15(18)17(14)12-8-11-13-9-6-5-7-10-13/h4-11,14H,1,12H2,2-3H3/b11-8+/t14-/m1/s1. The van der Waals surface area contributed by atoms with Crippen molar-refractivity contribution in [2.24, 2.45) is 0 Å². The van der Waals surface area contributed by atoms with Crippen molar-refractivity contribution in [3.8, 4) is 0 Å². The lowest BCUT2D eigenvalue weighted by Gasteiger charge is -2.24. The van der Waals surface area contributed by atoms with Crippen LogP contribution in [0.1, 0.15) is 19.4 Å². The maximum absolute atomic E-state index is 11.8. The van der Waals surface area contributed by atoms with Gasteiger partial charge in [-0.2, -0.15) is 0 Å². The van der Waals surface area contributed by atoms with Gasteiger partial charge in [-0.15, -0.1) is 6.58 Å². The van der Waals surface area contributed by atoms with E-state index in [4.69, 9.17) is 4.74 Å². The van der Waals surface area contributed by atoms with E-state index in [0.29, 0.717) is 6.54 Å². The van der Waals surface area contributed by atoms with Crippen molar-refractivity contribution < 1.29 is 9.53 Å². The molecule has 1 amide bonds. The first kappa shape index (κ1) is 13.4. The predicted molar refractivity (Wildman–Crippen MR) is 76.7 cm³/mol. The Morgan fingerprint density at radius 1 is 1.37 bits per heavy atom. The Morgan fingerprint density at radius 2 is 2.05 bits per heavy atom. The van der Waals surface area contributed by atoms with E-state index in [1.807, 2.05) is 56.3 Å². The van der Waals surface area contributed by atoms with Gasteiger partial charge in [-0.05, 0) is 19.4 Å². The van der Waals surface area contributed by atoms with Crippen LogP contribution in [-0.4, -0.2) is 29.2 Å². The van der Waals surface area contributed by atoms with E-state index in [1.165, 1.54) is 0 Å². The van der Waals surface area contributed by atoms with Gasteiger partial charge in [0.1, 0.15) is 5.60 Å². The van der Waals surface area contributed by atoms with Gasteiger partial charge in [0.15, 0.2) is 0 Å². The molecule has 1 atom stereocenters. The summed E-state index contributed by atoms with van der Waals surface area (Å²) in [7, 11) is 0. The normalized spacial score (nSPS) is 21.7. The lowest BCUT2D eigenvalue weighted by atomic mass is 9.99. The van der Waals surface area contributed by atoms with Crippen LogP contribution in [0.15, 0.2) is 49.1 Å². The second kappa shape index (κ2) is 5.31. The zero-order chi connectivity index (χ0) is 13.9. The zero-order valence-electron chi connectivity index (χ0n) is 11.4. The summed E-state index contributed by atoms with van der Waals surface area (Å²) in [6, 6.07) is 9.90. The fourth-order valence-corrected chi connectivity index (χ4v) is 2.30. The third-order valence-electron chi connectivity index (χ3n) is 3.27. The van der Waals surface area contributed by atoms with Crippen molar-refractivity contribution >= 4 is 12.2 Å². The number of carbonyl (C=O) groups is 1. The van der Waals surface area contributed by atoms with Crippen LogP contribution in [-0.2, 0) is 4.74 Å². The molecule has 1 aliphatic heterocycles. The molecule has 1 heterocycles. The summed E-state index contributed by atoms with van der Waals surface area (Å²) >= 11 is 0. The van der Waals surface area contributed by atoms with Crippen LogP contribution in [0, 0.1) is 0 Å². The minimum Gasteiger partial charge on any atom is -0.441 e. The molecule has 1 aromatic rings. The first-order valence-corrected chi connectivity index (χ1v) is 6.38. The fourth-order valence-electron chi connectivity index (χ4n) is 2.30. The minimum absolute atomic E-state index is 0.0968. The van der Waals surface area contributed by atoms with Crippen LogP contribution in [0.3, 0.4) is 0 Å². The van der Waals surface area contributed by atoms with E-state index >= 15 is 0 Å². The van der Waals surface area contributed by atoms with Crippen LogP contribution in [0.4, 0.5) is 4.79 Å². The van der Waals surface area contributed by atoms with Crippen molar-refractivity contribution in [3.63, 3.8) is 0 Å². The molecule has 1 aromatic carbocycles. The maximum atomic E-state index is 11.8. The topological polar surface area (TPSA) is 29.5 Å². The van der Waals surface area contributed by atoms with Crippen LogP contribution in [0.2, 0.25) is 0 Å². The number of cyclic esters (lactones) is 1. The highest BCUT2D eigenvalue weighted by Crippen LogP contribution is 2.29. The number of hydrogen-bond donors (Lipinski definition) is 0. The molecule has 0 spiro atoms. The highest BCUT2D eigenvalue weighted by molar-refractivity contribution is 5.72. The predicted octanol–water partition coefficient (Wildman–Crippen LogP) is 3.49. The van der Waals surface area contributed by atoms with Gasteiger partial charge in [-0.1, -0.05) is 48.6 Å². The molecule has 0 unspecified atom stereocenters. The summed E-state index contributed by atoms with van der Waals surface area (Å²) in [6.07, 6.45) is 5.45. The molecule has 19 heavy (non-hydrogen) atoms. The van der Waals surface area contributed by atoms with Gasteiger partial charge < -0.3 is 4.74 Å². The Kier molecular flexibility index (Phi) is 3.74. The smallest absolute Gasteiger partial charge is 0.411 e. The van der Waals surface area contributed by atoms with Crippen molar-refractivity contribution in [3.05, 3.63) is 54.6 Å². The maximum Gasteiger partial charge on any atom is 0.411 e.